The van der Waals surface area contributed by atoms with E-state index in [1.165, 1.54) is 6.20 Å². The van der Waals surface area contributed by atoms with Gasteiger partial charge in [0, 0.05) is 30.4 Å². The van der Waals surface area contributed by atoms with Crippen molar-refractivity contribution < 1.29 is 4.79 Å². The number of pyridine rings is 1. The van der Waals surface area contributed by atoms with E-state index in [0.29, 0.717) is 6.54 Å². The molecular weight excluding hydrogens is 348 g/mol. The minimum atomic E-state index is -0.304. The van der Waals surface area contributed by atoms with Crippen LogP contribution in [0.5, 0.6) is 0 Å². The summed E-state index contributed by atoms with van der Waals surface area (Å²) in [5.74, 6) is -0.304. The summed E-state index contributed by atoms with van der Waals surface area (Å²) in [6.07, 6.45) is 3.18. The maximum absolute atomic E-state index is 13.0. The van der Waals surface area contributed by atoms with Crippen LogP contribution in [0.25, 0.3) is 10.9 Å². The summed E-state index contributed by atoms with van der Waals surface area (Å²) >= 11 is 0. The van der Waals surface area contributed by atoms with Gasteiger partial charge in [-0.15, -0.1) is 0 Å². The summed E-state index contributed by atoms with van der Waals surface area (Å²) < 4.78 is 0. The molecule has 5 heteroatoms. The van der Waals surface area contributed by atoms with Gasteiger partial charge in [-0.1, -0.05) is 48.5 Å². The summed E-state index contributed by atoms with van der Waals surface area (Å²) in [7, 11) is 0. The Kier molecular flexibility index (Phi) is 6.03. The third-order valence-electron chi connectivity index (χ3n) is 4.44. The Morgan fingerprint density at radius 3 is 2.61 bits per heavy atom. The highest BCUT2D eigenvalue weighted by Crippen LogP contribution is 2.21. The summed E-state index contributed by atoms with van der Waals surface area (Å²) in [5.41, 5.74) is 2.61. The predicted octanol–water partition coefficient (Wildman–Crippen LogP) is 4.49. The zero-order valence-electron chi connectivity index (χ0n) is 16.0. The molecule has 2 aromatic carbocycles. The third kappa shape index (κ3) is 4.36. The number of aromatic nitrogens is 1. The van der Waals surface area contributed by atoms with Crippen LogP contribution in [0.1, 0.15) is 19.4 Å². The van der Waals surface area contributed by atoms with Crippen molar-refractivity contribution in [2.45, 2.75) is 26.4 Å². The zero-order chi connectivity index (χ0) is 19.9. The number of nitrogens with one attached hydrogen (secondary N) is 1. The molecule has 3 rings (SSSR count). The molecule has 3 aromatic rings. The molecule has 0 saturated heterocycles. The van der Waals surface area contributed by atoms with E-state index < -0.39 is 0 Å². The van der Waals surface area contributed by atoms with E-state index in [9.17, 15) is 10.1 Å². The molecule has 0 aliphatic carbocycles. The third-order valence-corrected chi connectivity index (χ3v) is 4.44. The van der Waals surface area contributed by atoms with Crippen LogP contribution in [0.3, 0.4) is 0 Å². The van der Waals surface area contributed by atoms with E-state index in [1.807, 2.05) is 80.6 Å². The molecule has 1 aromatic heterocycles. The maximum Gasteiger partial charge on any atom is 0.266 e. The van der Waals surface area contributed by atoms with Crippen LogP contribution in [0.2, 0.25) is 0 Å². The Morgan fingerprint density at radius 1 is 1.14 bits per heavy atom. The van der Waals surface area contributed by atoms with Crippen LogP contribution < -0.4 is 5.32 Å². The van der Waals surface area contributed by atoms with Gasteiger partial charge in [0.2, 0.25) is 0 Å². The molecule has 0 bridgehead atoms. The lowest BCUT2D eigenvalue weighted by molar-refractivity contribution is -0.129. The van der Waals surface area contributed by atoms with Crippen molar-refractivity contribution in [3.8, 4) is 6.07 Å². The highest BCUT2D eigenvalue weighted by molar-refractivity contribution is 5.98. The Labute approximate surface area is 164 Å². The number of rotatable bonds is 6. The predicted molar refractivity (Wildman–Crippen MR) is 111 cm³/mol. The van der Waals surface area contributed by atoms with Gasteiger partial charge in [0.15, 0.2) is 0 Å². The topological polar surface area (TPSA) is 69.0 Å². The van der Waals surface area contributed by atoms with Crippen molar-refractivity contribution in [1.29, 1.82) is 5.26 Å². The number of nitriles is 1. The van der Waals surface area contributed by atoms with Gasteiger partial charge in [0.25, 0.3) is 5.91 Å². The van der Waals surface area contributed by atoms with Gasteiger partial charge in [-0.05, 0) is 31.5 Å². The first-order chi connectivity index (χ1) is 13.6. The molecule has 0 aliphatic rings. The van der Waals surface area contributed by atoms with Crippen LogP contribution in [-0.4, -0.2) is 21.8 Å². The van der Waals surface area contributed by atoms with Gasteiger partial charge >= 0.3 is 0 Å². The van der Waals surface area contributed by atoms with E-state index in [1.54, 1.807) is 11.1 Å². The lowest BCUT2D eigenvalue weighted by Crippen LogP contribution is -2.37. The van der Waals surface area contributed by atoms with Crippen molar-refractivity contribution in [3.63, 3.8) is 0 Å². The lowest BCUT2D eigenvalue weighted by atomic mass is 10.1. The number of para-hydroxylation sites is 1. The Hall–Kier alpha value is -3.65. The fourth-order valence-electron chi connectivity index (χ4n) is 2.94. The number of hydrogen-bond donors (Lipinski definition) is 1. The number of carbonyl (C=O) groups excluding carboxylic acids is 1. The molecule has 0 aliphatic heterocycles. The van der Waals surface area contributed by atoms with Gasteiger partial charge in [0.05, 0.1) is 11.2 Å². The van der Waals surface area contributed by atoms with Crippen LogP contribution in [0.15, 0.2) is 78.6 Å². The number of carbonyl (C=O) groups is 1. The van der Waals surface area contributed by atoms with E-state index in [0.717, 1.165) is 22.2 Å². The minimum absolute atomic E-state index is 0.0383. The quantitative estimate of drug-likeness (QED) is 0.513. The Balaban J connectivity index is 1.84. The van der Waals surface area contributed by atoms with Crippen molar-refractivity contribution in [1.82, 2.24) is 9.88 Å². The molecule has 0 radical (unpaired) electrons. The number of amides is 1. The molecule has 140 valence electrons. The number of anilines is 1. The second-order valence-electron chi connectivity index (χ2n) is 6.71. The first-order valence-electron chi connectivity index (χ1n) is 9.15. The summed E-state index contributed by atoms with van der Waals surface area (Å²) in [4.78, 5) is 19.1. The molecule has 1 amide bonds. The molecule has 5 nitrogen and oxygen atoms in total. The SMILES string of the molecule is CC(C)N(Cc1ccccc1)C(=O)/C(C#N)=C\Nc1cccc2cccnc12. The molecule has 0 saturated carbocycles. The Bertz CT molecular complexity index is 1030. The van der Waals surface area contributed by atoms with Gasteiger partial charge in [-0.25, -0.2) is 0 Å². The molecular formula is C23H22N4O. The zero-order valence-corrected chi connectivity index (χ0v) is 16.0. The molecule has 28 heavy (non-hydrogen) atoms. The van der Waals surface area contributed by atoms with Crippen molar-refractivity contribution in [2.24, 2.45) is 0 Å². The summed E-state index contributed by atoms with van der Waals surface area (Å²) in [6.45, 7) is 4.34. The Morgan fingerprint density at radius 2 is 1.89 bits per heavy atom. The number of hydrogen-bond acceptors (Lipinski definition) is 4. The van der Waals surface area contributed by atoms with Crippen molar-refractivity contribution in [3.05, 3.63) is 84.2 Å². The molecule has 0 atom stereocenters. The van der Waals surface area contributed by atoms with Crippen LogP contribution >= 0.6 is 0 Å². The van der Waals surface area contributed by atoms with Gasteiger partial charge in [0.1, 0.15) is 11.6 Å². The fraction of sp³-hybridized carbons (Fsp3) is 0.174. The van der Waals surface area contributed by atoms with Crippen molar-refractivity contribution >= 4 is 22.5 Å². The smallest absolute Gasteiger partial charge is 0.266 e. The molecule has 0 spiro atoms. The van der Waals surface area contributed by atoms with Gasteiger partial charge in [-0.2, -0.15) is 5.26 Å². The van der Waals surface area contributed by atoms with Crippen LogP contribution in [0, 0.1) is 11.3 Å². The molecule has 1 heterocycles. The van der Waals surface area contributed by atoms with Crippen molar-refractivity contribution in [2.75, 3.05) is 5.32 Å². The van der Waals surface area contributed by atoms with Gasteiger partial charge < -0.3 is 10.2 Å². The number of benzene rings is 2. The van der Waals surface area contributed by atoms with E-state index >= 15 is 0 Å². The average Bonchev–Trinajstić information content (AvgIpc) is 2.73. The van der Waals surface area contributed by atoms with E-state index in [4.69, 9.17) is 0 Å². The number of nitrogens with zero attached hydrogens (tertiary/aromatic N) is 3. The second-order valence-corrected chi connectivity index (χ2v) is 6.71. The second kappa shape index (κ2) is 8.83. The monoisotopic (exact) mass is 370 g/mol. The summed E-state index contributed by atoms with van der Waals surface area (Å²) in [6, 6.07) is 21.3. The minimum Gasteiger partial charge on any atom is -0.358 e. The van der Waals surface area contributed by atoms with Crippen LogP contribution in [0.4, 0.5) is 5.69 Å². The first-order valence-corrected chi connectivity index (χ1v) is 9.15. The molecule has 1 N–H and O–H groups in total. The normalized spacial score (nSPS) is 11.3. The largest absolute Gasteiger partial charge is 0.358 e. The molecule has 0 unspecified atom stereocenters. The maximum atomic E-state index is 13.0. The lowest BCUT2D eigenvalue weighted by Gasteiger charge is -2.26. The standard InChI is InChI=1S/C23H22N4O/c1-17(2)27(16-18-8-4-3-5-9-18)23(28)20(14-24)15-26-21-12-6-10-19-11-7-13-25-22(19)21/h3-13,15,17,26H,16H2,1-2H3/b20-15-. The highest BCUT2D eigenvalue weighted by atomic mass is 16.2. The van der Waals surface area contributed by atoms with Crippen LogP contribution in [-0.2, 0) is 11.3 Å². The number of fused-ring (bicyclic) bond motifs is 1. The van der Waals surface area contributed by atoms with Gasteiger partial charge in [-0.3, -0.25) is 9.78 Å². The van der Waals surface area contributed by atoms with E-state index in [2.05, 4.69) is 10.3 Å². The first kappa shape index (κ1) is 19.1. The summed E-state index contributed by atoms with van der Waals surface area (Å²) in [5, 5.41) is 13.6. The highest BCUT2D eigenvalue weighted by Gasteiger charge is 2.21. The average molecular weight is 370 g/mol. The van der Waals surface area contributed by atoms with E-state index in [-0.39, 0.29) is 17.5 Å². The fourth-order valence-corrected chi connectivity index (χ4v) is 2.94. The molecule has 0 fully saturated rings.